The molecule has 0 unspecified atom stereocenters. The zero-order valence-electron chi connectivity index (χ0n) is 18.3. The van der Waals surface area contributed by atoms with Crippen LogP contribution in [0, 0.1) is 28.9 Å². The third-order valence-electron chi connectivity index (χ3n) is 6.16. The van der Waals surface area contributed by atoms with Crippen molar-refractivity contribution in [3.63, 3.8) is 0 Å². The molecule has 0 bridgehead atoms. The van der Waals surface area contributed by atoms with Crippen LogP contribution in [0.4, 0.5) is 8.78 Å². The van der Waals surface area contributed by atoms with Crippen LogP contribution < -0.4 is 5.32 Å². The Hall–Kier alpha value is -4.11. The van der Waals surface area contributed by atoms with Gasteiger partial charge >= 0.3 is 0 Å². The van der Waals surface area contributed by atoms with Crippen LogP contribution in [-0.2, 0) is 6.42 Å². The number of hydrogen-bond donors (Lipinski definition) is 1. The second kappa shape index (κ2) is 9.03. The van der Waals surface area contributed by atoms with E-state index in [9.17, 15) is 18.8 Å². The minimum Gasteiger partial charge on any atom is -0.345 e. The molecular formula is C28H21F2N3O. The first kappa shape index (κ1) is 21.7. The normalized spacial score (nSPS) is 13.9. The molecule has 1 amide bonds. The molecule has 1 saturated carbocycles. The first-order valence-corrected chi connectivity index (χ1v) is 11.2. The number of nitriles is 1. The van der Waals surface area contributed by atoms with Crippen molar-refractivity contribution in [1.29, 1.82) is 5.26 Å². The summed E-state index contributed by atoms with van der Waals surface area (Å²) < 4.78 is 28.0. The van der Waals surface area contributed by atoms with Crippen molar-refractivity contribution >= 4 is 16.8 Å². The van der Waals surface area contributed by atoms with E-state index in [4.69, 9.17) is 4.98 Å². The number of nitrogens with one attached hydrogen (secondary N) is 1. The lowest BCUT2D eigenvalue weighted by molar-refractivity contribution is 0.0932. The Balaban J connectivity index is 1.66. The van der Waals surface area contributed by atoms with Gasteiger partial charge in [0.25, 0.3) is 5.91 Å². The molecule has 6 heteroatoms. The van der Waals surface area contributed by atoms with Gasteiger partial charge in [0.05, 0.1) is 35.3 Å². The predicted octanol–water partition coefficient (Wildman–Crippen LogP) is 6.13. The highest BCUT2D eigenvalue weighted by molar-refractivity contribution is 6.09. The molecule has 1 aromatic heterocycles. The van der Waals surface area contributed by atoms with Crippen molar-refractivity contribution in [3.05, 3.63) is 101 Å². The molecular weight excluding hydrogens is 432 g/mol. The van der Waals surface area contributed by atoms with E-state index in [0.717, 1.165) is 12.8 Å². The molecule has 1 heterocycles. The van der Waals surface area contributed by atoms with Crippen LogP contribution >= 0.6 is 0 Å². The van der Waals surface area contributed by atoms with Crippen LogP contribution in [0.25, 0.3) is 22.2 Å². The average molecular weight is 453 g/mol. The van der Waals surface area contributed by atoms with Gasteiger partial charge in [-0.25, -0.2) is 13.8 Å². The van der Waals surface area contributed by atoms with E-state index in [0.29, 0.717) is 38.9 Å². The summed E-state index contributed by atoms with van der Waals surface area (Å²) in [4.78, 5) is 18.5. The highest BCUT2D eigenvalue weighted by atomic mass is 19.1. The van der Waals surface area contributed by atoms with Gasteiger partial charge in [0.2, 0.25) is 0 Å². The zero-order chi connectivity index (χ0) is 23.7. The standard InChI is InChI=1S/C28H21F2N3O/c29-20-7-3-5-18(15-20)26(17-11-12-17)33-28(34)25-22-9-1-2-10-24(22)32-27(23(25)13-14-31)19-6-4-8-21(30)16-19/h1-10,15-17,26H,11-13H2,(H,33,34)/t26-/m0/s1. The molecule has 1 atom stereocenters. The lowest BCUT2D eigenvalue weighted by Crippen LogP contribution is -2.31. The van der Waals surface area contributed by atoms with Gasteiger partial charge in [0.15, 0.2) is 0 Å². The summed E-state index contributed by atoms with van der Waals surface area (Å²) in [6.45, 7) is 0. The maximum atomic E-state index is 14.0. The van der Waals surface area contributed by atoms with Crippen molar-refractivity contribution in [1.82, 2.24) is 10.3 Å². The number of halogens is 2. The number of carbonyl (C=O) groups is 1. The number of fused-ring (bicyclic) bond motifs is 1. The second-order valence-corrected chi connectivity index (χ2v) is 8.52. The van der Waals surface area contributed by atoms with Gasteiger partial charge in [0, 0.05) is 16.5 Å². The fourth-order valence-corrected chi connectivity index (χ4v) is 4.45. The number of carbonyl (C=O) groups excluding carboxylic acids is 1. The lowest BCUT2D eigenvalue weighted by Gasteiger charge is -2.21. The summed E-state index contributed by atoms with van der Waals surface area (Å²) in [5.41, 5.74) is 2.96. The number of nitrogens with zero attached hydrogens (tertiary/aromatic N) is 2. The highest BCUT2D eigenvalue weighted by Gasteiger charge is 2.34. The lowest BCUT2D eigenvalue weighted by atomic mass is 9.93. The van der Waals surface area contributed by atoms with E-state index >= 15 is 0 Å². The molecule has 34 heavy (non-hydrogen) atoms. The predicted molar refractivity (Wildman–Crippen MR) is 126 cm³/mol. The van der Waals surface area contributed by atoms with Crippen molar-refractivity contribution < 1.29 is 13.6 Å². The van der Waals surface area contributed by atoms with E-state index in [1.165, 1.54) is 24.3 Å². The summed E-state index contributed by atoms with van der Waals surface area (Å²) >= 11 is 0. The van der Waals surface area contributed by atoms with Crippen molar-refractivity contribution in [2.24, 2.45) is 5.92 Å². The van der Waals surface area contributed by atoms with E-state index in [-0.39, 0.29) is 30.1 Å². The molecule has 168 valence electrons. The van der Waals surface area contributed by atoms with Gasteiger partial charge in [-0.3, -0.25) is 4.79 Å². The van der Waals surface area contributed by atoms with Crippen LogP contribution in [0.15, 0.2) is 72.8 Å². The third-order valence-corrected chi connectivity index (χ3v) is 6.16. The summed E-state index contributed by atoms with van der Waals surface area (Å²) in [5.74, 6) is -0.921. The fourth-order valence-electron chi connectivity index (χ4n) is 4.45. The van der Waals surface area contributed by atoms with Crippen LogP contribution in [0.1, 0.15) is 40.4 Å². The topological polar surface area (TPSA) is 65.8 Å². The highest BCUT2D eigenvalue weighted by Crippen LogP contribution is 2.41. The molecule has 3 aromatic carbocycles. The van der Waals surface area contributed by atoms with Crippen LogP contribution in [0.2, 0.25) is 0 Å². The molecule has 1 fully saturated rings. The molecule has 0 spiro atoms. The Morgan fingerprint density at radius 1 is 1.03 bits per heavy atom. The van der Waals surface area contributed by atoms with Gasteiger partial charge < -0.3 is 5.32 Å². The number of rotatable bonds is 6. The Morgan fingerprint density at radius 3 is 2.47 bits per heavy atom. The van der Waals surface area contributed by atoms with Gasteiger partial charge in [-0.05, 0) is 54.7 Å². The maximum absolute atomic E-state index is 14.0. The summed E-state index contributed by atoms with van der Waals surface area (Å²) in [6.07, 6.45) is 1.82. The van der Waals surface area contributed by atoms with Gasteiger partial charge in [-0.2, -0.15) is 5.26 Å². The minimum atomic E-state index is -0.429. The van der Waals surface area contributed by atoms with Crippen LogP contribution in [0.3, 0.4) is 0 Å². The zero-order valence-corrected chi connectivity index (χ0v) is 18.3. The number of amides is 1. The largest absolute Gasteiger partial charge is 0.345 e. The SMILES string of the molecule is N#CCc1c(-c2cccc(F)c2)nc2ccccc2c1C(=O)N[C@H](c1cccc(F)c1)C1CC1. The number of aromatic nitrogens is 1. The van der Waals surface area contributed by atoms with Crippen molar-refractivity contribution in [2.75, 3.05) is 0 Å². The number of hydrogen-bond acceptors (Lipinski definition) is 3. The molecule has 0 radical (unpaired) electrons. The van der Waals surface area contributed by atoms with Gasteiger partial charge in [-0.15, -0.1) is 0 Å². The Kier molecular flexibility index (Phi) is 5.77. The minimum absolute atomic E-state index is 0.0690. The molecule has 1 aliphatic carbocycles. The number of benzene rings is 3. The molecule has 0 aliphatic heterocycles. The molecule has 5 rings (SSSR count). The Labute approximate surface area is 195 Å². The number of pyridine rings is 1. The molecule has 0 saturated heterocycles. The van der Waals surface area contributed by atoms with E-state index < -0.39 is 5.82 Å². The number of para-hydroxylation sites is 1. The Bertz CT molecular complexity index is 1440. The Morgan fingerprint density at radius 2 is 1.76 bits per heavy atom. The van der Waals surface area contributed by atoms with Crippen molar-refractivity contribution in [3.8, 4) is 17.3 Å². The second-order valence-electron chi connectivity index (χ2n) is 8.52. The van der Waals surface area contributed by atoms with Gasteiger partial charge in [-0.1, -0.05) is 42.5 Å². The first-order valence-electron chi connectivity index (χ1n) is 11.2. The fraction of sp³-hybridized carbons (Fsp3) is 0.179. The van der Waals surface area contributed by atoms with Crippen molar-refractivity contribution in [2.45, 2.75) is 25.3 Å². The first-order chi connectivity index (χ1) is 16.5. The van der Waals surface area contributed by atoms with Crippen LogP contribution in [0.5, 0.6) is 0 Å². The van der Waals surface area contributed by atoms with E-state index in [2.05, 4.69) is 11.4 Å². The molecule has 4 aromatic rings. The van der Waals surface area contributed by atoms with Gasteiger partial charge in [0.1, 0.15) is 11.6 Å². The summed E-state index contributed by atoms with van der Waals surface area (Å²) in [7, 11) is 0. The van der Waals surface area contributed by atoms with E-state index in [1.54, 1.807) is 30.3 Å². The molecule has 1 N–H and O–H groups in total. The third kappa shape index (κ3) is 4.25. The maximum Gasteiger partial charge on any atom is 0.252 e. The molecule has 1 aliphatic rings. The smallest absolute Gasteiger partial charge is 0.252 e. The average Bonchev–Trinajstić information content (AvgIpc) is 3.67. The van der Waals surface area contributed by atoms with E-state index in [1.807, 2.05) is 18.2 Å². The summed E-state index contributed by atoms with van der Waals surface area (Å²) in [5, 5.41) is 13.3. The summed E-state index contributed by atoms with van der Waals surface area (Å²) in [6, 6.07) is 21.2. The quantitative estimate of drug-likeness (QED) is 0.382. The van der Waals surface area contributed by atoms with Crippen LogP contribution in [-0.4, -0.2) is 10.9 Å². The monoisotopic (exact) mass is 453 g/mol. The molecule has 4 nitrogen and oxygen atoms in total.